The molecule has 0 aliphatic carbocycles. The van der Waals surface area contributed by atoms with Crippen LogP contribution in [0.1, 0.15) is 61.8 Å². The first kappa shape index (κ1) is 31.4. The van der Waals surface area contributed by atoms with Gasteiger partial charge in [-0.2, -0.15) is 0 Å². The summed E-state index contributed by atoms with van der Waals surface area (Å²) in [5.74, 6) is -0.555. The number of hydrogen-bond acceptors (Lipinski definition) is 5. The molecule has 0 unspecified atom stereocenters. The third kappa shape index (κ3) is 10.4. The van der Waals surface area contributed by atoms with Gasteiger partial charge >= 0.3 is 11.9 Å². The van der Waals surface area contributed by atoms with Crippen LogP contribution in [0.25, 0.3) is 0 Å². The van der Waals surface area contributed by atoms with Gasteiger partial charge in [-0.15, -0.1) is 0 Å². The normalized spacial score (nSPS) is 11.2. The summed E-state index contributed by atoms with van der Waals surface area (Å²) in [6, 6.07) is 23.7. The molecule has 3 aromatic rings. The second-order valence-electron chi connectivity index (χ2n) is 10.1. The zero-order chi connectivity index (χ0) is 29.5. The van der Waals surface area contributed by atoms with Crippen LogP contribution in [0.5, 0.6) is 0 Å². The van der Waals surface area contributed by atoms with E-state index in [1.165, 1.54) is 34.4 Å². The first-order chi connectivity index (χ1) is 19.9. The standard InChI is InChI=1S/C36H43NO4/c1-5-7-13-35(38)40-25-9-11-30-16-21-32(22-17-30)37(34-20-15-28(3)29(4)27-34)33-23-18-31(19-24-33)12-10-26-41-36(39)14-8-6-2/h7-8,13-24,27H,5-6,9-12,25-26H2,1-4H3/b13-7+,14-8+. The Balaban J connectivity index is 1.68. The van der Waals surface area contributed by atoms with Crippen molar-refractivity contribution in [3.63, 3.8) is 0 Å². The molecule has 0 aliphatic heterocycles. The van der Waals surface area contributed by atoms with E-state index in [0.29, 0.717) is 13.2 Å². The summed E-state index contributed by atoms with van der Waals surface area (Å²) in [6.07, 6.45) is 11.5. The summed E-state index contributed by atoms with van der Waals surface area (Å²) >= 11 is 0. The lowest BCUT2D eigenvalue weighted by molar-refractivity contribution is -0.138. The minimum Gasteiger partial charge on any atom is -0.463 e. The van der Waals surface area contributed by atoms with E-state index < -0.39 is 0 Å². The van der Waals surface area contributed by atoms with E-state index in [-0.39, 0.29) is 11.9 Å². The molecule has 0 saturated heterocycles. The van der Waals surface area contributed by atoms with Crippen molar-refractivity contribution in [2.75, 3.05) is 18.1 Å². The van der Waals surface area contributed by atoms with Crippen LogP contribution in [0.3, 0.4) is 0 Å². The first-order valence-electron chi connectivity index (χ1n) is 14.6. The van der Waals surface area contributed by atoms with Gasteiger partial charge in [-0.25, -0.2) is 9.59 Å². The Morgan fingerprint density at radius 3 is 1.49 bits per heavy atom. The minimum absolute atomic E-state index is 0.277. The Morgan fingerprint density at radius 2 is 1.07 bits per heavy atom. The summed E-state index contributed by atoms with van der Waals surface area (Å²) in [5.41, 5.74) is 8.17. The Hall–Kier alpha value is -4.12. The number of carbonyl (C=O) groups is 2. The maximum Gasteiger partial charge on any atom is 0.330 e. The predicted octanol–water partition coefficient (Wildman–Crippen LogP) is 8.66. The number of benzene rings is 3. The number of nitrogens with zero attached hydrogens (tertiary/aromatic N) is 1. The van der Waals surface area contributed by atoms with Crippen molar-refractivity contribution < 1.29 is 19.1 Å². The highest BCUT2D eigenvalue weighted by Crippen LogP contribution is 2.35. The SMILES string of the molecule is CC/C=C/C(=O)OCCCc1ccc(N(c2ccc(CCCOC(=O)/C=C/CC)cc2)c2ccc(C)c(C)c2)cc1. The summed E-state index contributed by atoms with van der Waals surface area (Å²) in [5, 5.41) is 0. The molecule has 41 heavy (non-hydrogen) atoms. The van der Waals surface area contributed by atoms with Crippen molar-refractivity contribution in [3.05, 3.63) is 113 Å². The van der Waals surface area contributed by atoms with Crippen LogP contribution in [0.4, 0.5) is 17.1 Å². The fraction of sp³-hybridized carbons (Fsp3) is 0.333. The summed E-state index contributed by atoms with van der Waals surface area (Å²) in [6.45, 7) is 9.06. The molecular weight excluding hydrogens is 510 g/mol. The van der Waals surface area contributed by atoms with Crippen LogP contribution >= 0.6 is 0 Å². The number of aryl methyl sites for hydroxylation is 4. The van der Waals surface area contributed by atoms with Crippen molar-refractivity contribution in [1.29, 1.82) is 0 Å². The number of ether oxygens (including phenoxy) is 2. The lowest BCUT2D eigenvalue weighted by Gasteiger charge is -2.26. The van der Waals surface area contributed by atoms with Gasteiger partial charge in [-0.1, -0.05) is 56.3 Å². The number of hydrogen-bond donors (Lipinski definition) is 0. The Morgan fingerprint density at radius 1 is 0.634 bits per heavy atom. The van der Waals surface area contributed by atoms with E-state index in [1.54, 1.807) is 0 Å². The molecule has 0 heterocycles. The molecule has 0 amide bonds. The minimum atomic E-state index is -0.277. The third-order valence-corrected chi connectivity index (χ3v) is 6.83. The Kier molecular flexibility index (Phi) is 12.9. The van der Waals surface area contributed by atoms with Gasteiger partial charge in [0.25, 0.3) is 0 Å². The zero-order valence-corrected chi connectivity index (χ0v) is 24.9. The van der Waals surface area contributed by atoms with Crippen LogP contribution in [0.2, 0.25) is 0 Å². The maximum atomic E-state index is 11.7. The van der Waals surface area contributed by atoms with Crippen LogP contribution in [0.15, 0.2) is 91.0 Å². The van der Waals surface area contributed by atoms with Crippen molar-refractivity contribution in [2.24, 2.45) is 0 Å². The summed E-state index contributed by atoms with van der Waals surface area (Å²) < 4.78 is 10.5. The molecule has 0 N–H and O–H groups in total. The monoisotopic (exact) mass is 553 g/mol. The molecule has 0 aliphatic rings. The number of esters is 2. The average molecular weight is 554 g/mol. The molecule has 0 fully saturated rings. The van der Waals surface area contributed by atoms with Crippen molar-refractivity contribution in [1.82, 2.24) is 0 Å². The first-order valence-corrected chi connectivity index (χ1v) is 14.6. The topological polar surface area (TPSA) is 55.8 Å². The quantitative estimate of drug-likeness (QED) is 0.107. The third-order valence-electron chi connectivity index (χ3n) is 6.83. The van der Waals surface area contributed by atoms with Crippen LogP contribution in [-0.2, 0) is 31.9 Å². The maximum absolute atomic E-state index is 11.7. The van der Waals surface area contributed by atoms with E-state index in [1.807, 2.05) is 26.0 Å². The predicted molar refractivity (Wildman–Crippen MR) is 168 cm³/mol. The molecule has 3 rings (SSSR count). The molecule has 0 saturated carbocycles. The lowest BCUT2D eigenvalue weighted by atomic mass is 10.1. The van der Waals surface area contributed by atoms with E-state index in [4.69, 9.17) is 9.47 Å². The van der Waals surface area contributed by atoms with Gasteiger partial charge < -0.3 is 14.4 Å². The molecule has 0 radical (unpaired) electrons. The van der Waals surface area contributed by atoms with Crippen LogP contribution in [0, 0.1) is 13.8 Å². The van der Waals surface area contributed by atoms with Gasteiger partial charge in [0.1, 0.15) is 0 Å². The van der Waals surface area contributed by atoms with Gasteiger partial charge in [0.15, 0.2) is 0 Å². The molecule has 216 valence electrons. The second-order valence-corrected chi connectivity index (χ2v) is 10.1. The van der Waals surface area contributed by atoms with Crippen molar-refractivity contribution in [2.45, 2.75) is 66.2 Å². The highest BCUT2D eigenvalue weighted by Gasteiger charge is 2.13. The number of rotatable bonds is 15. The molecular formula is C36H43NO4. The van der Waals surface area contributed by atoms with Crippen molar-refractivity contribution >= 4 is 29.0 Å². The average Bonchev–Trinajstić information content (AvgIpc) is 2.98. The largest absolute Gasteiger partial charge is 0.463 e. The fourth-order valence-electron chi connectivity index (χ4n) is 4.36. The molecule has 0 bridgehead atoms. The molecule has 5 nitrogen and oxygen atoms in total. The van der Waals surface area contributed by atoms with Gasteiger partial charge in [-0.05, 0) is 111 Å². The summed E-state index contributed by atoms with van der Waals surface area (Å²) in [4.78, 5) is 25.6. The van der Waals surface area contributed by atoms with Crippen molar-refractivity contribution in [3.8, 4) is 0 Å². The smallest absolute Gasteiger partial charge is 0.330 e. The number of carbonyl (C=O) groups excluding carboxylic acids is 2. The van der Waals surface area contributed by atoms with Gasteiger partial charge in [0.05, 0.1) is 13.2 Å². The highest BCUT2D eigenvalue weighted by atomic mass is 16.5. The van der Waals surface area contributed by atoms with Gasteiger partial charge in [0.2, 0.25) is 0 Å². The second kappa shape index (κ2) is 16.9. The van der Waals surface area contributed by atoms with Gasteiger partial charge in [-0.3, -0.25) is 0 Å². The molecule has 0 spiro atoms. The van der Waals surface area contributed by atoms with E-state index in [0.717, 1.165) is 55.6 Å². The van der Waals surface area contributed by atoms with E-state index in [2.05, 4.69) is 85.5 Å². The van der Waals surface area contributed by atoms with E-state index in [9.17, 15) is 9.59 Å². The Bertz CT molecular complexity index is 1230. The van der Waals surface area contributed by atoms with Crippen LogP contribution in [-0.4, -0.2) is 25.2 Å². The molecule has 0 atom stereocenters. The zero-order valence-electron chi connectivity index (χ0n) is 24.9. The summed E-state index contributed by atoms with van der Waals surface area (Å²) in [7, 11) is 0. The van der Waals surface area contributed by atoms with E-state index >= 15 is 0 Å². The molecule has 3 aromatic carbocycles. The number of anilines is 3. The Labute approximate surface area is 245 Å². The molecule has 5 heteroatoms. The lowest BCUT2D eigenvalue weighted by Crippen LogP contribution is -2.10. The highest BCUT2D eigenvalue weighted by molar-refractivity contribution is 5.82. The fourth-order valence-corrected chi connectivity index (χ4v) is 4.36. The van der Waals surface area contributed by atoms with Gasteiger partial charge in [0, 0.05) is 29.2 Å². The van der Waals surface area contributed by atoms with Crippen LogP contribution < -0.4 is 4.90 Å². The number of allylic oxidation sites excluding steroid dienone is 2. The molecule has 0 aromatic heterocycles.